The maximum atomic E-state index is 11.9. The second-order valence-electron chi connectivity index (χ2n) is 3.15. The van der Waals surface area contributed by atoms with Crippen molar-refractivity contribution in [1.82, 2.24) is 4.98 Å². The van der Waals surface area contributed by atoms with Crippen LogP contribution in [0.2, 0.25) is 0 Å². The molecule has 0 spiro atoms. The van der Waals surface area contributed by atoms with E-state index in [0.717, 1.165) is 6.07 Å². The SMILES string of the molecule is COc1ccc([N+](=O)[O-])nc1OCCC(F)(F)F. The van der Waals surface area contributed by atoms with Gasteiger partial charge in [-0.25, -0.2) is 0 Å². The van der Waals surface area contributed by atoms with Gasteiger partial charge in [-0.2, -0.15) is 13.2 Å². The first kappa shape index (κ1) is 14.0. The summed E-state index contributed by atoms with van der Waals surface area (Å²) in [5.74, 6) is -0.837. The molecule has 0 aliphatic carbocycles. The summed E-state index contributed by atoms with van der Waals surface area (Å²) < 4.78 is 45.2. The second-order valence-corrected chi connectivity index (χ2v) is 3.15. The number of methoxy groups -OCH3 is 1. The molecule has 6 nitrogen and oxygen atoms in total. The molecule has 100 valence electrons. The molecule has 9 heteroatoms. The summed E-state index contributed by atoms with van der Waals surface area (Å²) in [6.45, 7) is -0.686. The molecule has 0 aliphatic rings. The maximum Gasteiger partial charge on any atom is 0.392 e. The van der Waals surface area contributed by atoms with Gasteiger partial charge in [-0.15, -0.1) is 0 Å². The Morgan fingerprint density at radius 1 is 1.44 bits per heavy atom. The van der Waals surface area contributed by atoms with Gasteiger partial charge in [-0.3, -0.25) is 0 Å². The molecule has 0 aromatic carbocycles. The van der Waals surface area contributed by atoms with Gasteiger partial charge in [0.05, 0.1) is 13.5 Å². The number of ether oxygens (including phenoxy) is 2. The zero-order valence-electron chi connectivity index (χ0n) is 9.23. The van der Waals surface area contributed by atoms with Crippen LogP contribution in [0.25, 0.3) is 0 Å². The van der Waals surface area contributed by atoms with Crippen LogP contribution in [0.15, 0.2) is 12.1 Å². The van der Waals surface area contributed by atoms with Crippen LogP contribution in [0.3, 0.4) is 0 Å². The molecule has 0 atom stereocenters. The van der Waals surface area contributed by atoms with E-state index in [1.807, 2.05) is 0 Å². The van der Waals surface area contributed by atoms with Crippen molar-refractivity contribution in [1.29, 1.82) is 0 Å². The Labute approximate surface area is 99.5 Å². The quantitative estimate of drug-likeness (QED) is 0.604. The molecule has 0 saturated carbocycles. The van der Waals surface area contributed by atoms with Gasteiger partial charge in [0.1, 0.15) is 6.61 Å². The predicted octanol–water partition coefficient (Wildman–Crippen LogP) is 2.33. The Morgan fingerprint density at radius 3 is 2.61 bits per heavy atom. The van der Waals surface area contributed by atoms with Gasteiger partial charge in [-0.05, 0) is 11.0 Å². The molecule has 0 saturated heterocycles. The lowest BCUT2D eigenvalue weighted by Gasteiger charge is -2.08. The average Bonchev–Trinajstić information content (AvgIpc) is 2.27. The van der Waals surface area contributed by atoms with Crippen molar-refractivity contribution >= 4 is 5.82 Å². The minimum atomic E-state index is -4.37. The van der Waals surface area contributed by atoms with Crippen LogP contribution in [0.5, 0.6) is 11.6 Å². The molecular weight excluding hydrogens is 257 g/mol. The first-order chi connectivity index (χ1) is 8.33. The van der Waals surface area contributed by atoms with Crippen molar-refractivity contribution < 1.29 is 27.6 Å². The predicted molar refractivity (Wildman–Crippen MR) is 53.6 cm³/mol. The highest BCUT2D eigenvalue weighted by atomic mass is 19.4. The summed E-state index contributed by atoms with van der Waals surface area (Å²) in [6, 6.07) is 2.27. The van der Waals surface area contributed by atoms with Crippen LogP contribution >= 0.6 is 0 Å². The molecule has 0 fully saturated rings. The van der Waals surface area contributed by atoms with Crippen molar-refractivity contribution in [2.24, 2.45) is 0 Å². The normalized spacial score (nSPS) is 11.1. The van der Waals surface area contributed by atoms with E-state index < -0.39 is 29.9 Å². The molecule has 0 bridgehead atoms. The third kappa shape index (κ3) is 4.07. The van der Waals surface area contributed by atoms with Crippen molar-refractivity contribution in [3.05, 3.63) is 22.2 Å². The van der Waals surface area contributed by atoms with Crippen LogP contribution in [-0.2, 0) is 0 Å². The number of rotatable bonds is 5. The van der Waals surface area contributed by atoms with Crippen LogP contribution in [0.4, 0.5) is 19.0 Å². The highest BCUT2D eigenvalue weighted by molar-refractivity contribution is 5.38. The number of alkyl halides is 3. The van der Waals surface area contributed by atoms with Gasteiger partial charge >= 0.3 is 17.9 Å². The smallest absolute Gasteiger partial charge is 0.392 e. The summed E-state index contributed by atoms with van der Waals surface area (Å²) in [6.07, 6.45) is -5.55. The van der Waals surface area contributed by atoms with Gasteiger partial charge in [-0.1, -0.05) is 0 Å². The fourth-order valence-corrected chi connectivity index (χ4v) is 1.04. The van der Waals surface area contributed by atoms with E-state index >= 15 is 0 Å². The lowest BCUT2D eigenvalue weighted by Crippen LogP contribution is -2.13. The summed E-state index contributed by atoms with van der Waals surface area (Å²) >= 11 is 0. The highest BCUT2D eigenvalue weighted by Gasteiger charge is 2.28. The number of nitro groups is 1. The standard InChI is InChI=1S/C9H9F3N2O4/c1-17-6-2-3-7(14(15)16)13-8(6)18-5-4-9(10,11)12/h2-3H,4-5H2,1H3. The topological polar surface area (TPSA) is 74.5 Å². The molecule has 1 heterocycles. The summed E-state index contributed by atoms with van der Waals surface area (Å²) in [7, 11) is 1.25. The summed E-state index contributed by atoms with van der Waals surface area (Å²) in [4.78, 5) is 13.1. The highest BCUT2D eigenvalue weighted by Crippen LogP contribution is 2.28. The van der Waals surface area contributed by atoms with E-state index in [1.165, 1.54) is 13.2 Å². The van der Waals surface area contributed by atoms with Crippen LogP contribution in [0.1, 0.15) is 6.42 Å². The Morgan fingerprint density at radius 2 is 2.11 bits per heavy atom. The first-order valence-electron chi connectivity index (χ1n) is 4.72. The maximum absolute atomic E-state index is 11.9. The minimum absolute atomic E-state index is 0.0303. The van der Waals surface area contributed by atoms with E-state index in [1.54, 1.807) is 0 Å². The zero-order valence-corrected chi connectivity index (χ0v) is 9.23. The van der Waals surface area contributed by atoms with Gasteiger partial charge in [0.15, 0.2) is 0 Å². The number of pyridine rings is 1. The van der Waals surface area contributed by atoms with E-state index in [2.05, 4.69) is 4.98 Å². The van der Waals surface area contributed by atoms with Crippen molar-refractivity contribution in [3.63, 3.8) is 0 Å². The van der Waals surface area contributed by atoms with Crippen LogP contribution in [0, 0.1) is 10.1 Å². The van der Waals surface area contributed by atoms with E-state index in [4.69, 9.17) is 9.47 Å². The third-order valence-electron chi connectivity index (χ3n) is 1.84. The number of hydrogen-bond acceptors (Lipinski definition) is 5. The van der Waals surface area contributed by atoms with Gasteiger partial charge in [0, 0.05) is 11.1 Å². The second kappa shape index (κ2) is 5.52. The Balaban J connectivity index is 2.78. The number of nitrogens with zero attached hydrogens (tertiary/aromatic N) is 2. The number of hydrogen-bond donors (Lipinski definition) is 0. The largest absolute Gasteiger partial charge is 0.489 e. The lowest BCUT2D eigenvalue weighted by atomic mass is 10.4. The van der Waals surface area contributed by atoms with Crippen LogP contribution in [-0.4, -0.2) is 29.8 Å². The van der Waals surface area contributed by atoms with Crippen molar-refractivity contribution in [2.75, 3.05) is 13.7 Å². The monoisotopic (exact) mass is 266 g/mol. The number of aromatic nitrogens is 1. The molecule has 0 N–H and O–H groups in total. The molecular formula is C9H9F3N2O4. The summed E-state index contributed by atoms with van der Waals surface area (Å²) in [5.41, 5.74) is 0. The molecule has 0 radical (unpaired) electrons. The zero-order chi connectivity index (χ0) is 13.8. The third-order valence-corrected chi connectivity index (χ3v) is 1.84. The molecule has 18 heavy (non-hydrogen) atoms. The first-order valence-corrected chi connectivity index (χ1v) is 4.72. The fourth-order valence-electron chi connectivity index (χ4n) is 1.04. The van der Waals surface area contributed by atoms with Gasteiger partial charge in [0.25, 0.3) is 0 Å². The van der Waals surface area contributed by atoms with Gasteiger partial charge < -0.3 is 19.6 Å². The molecule has 1 aromatic heterocycles. The Bertz CT molecular complexity index is 436. The van der Waals surface area contributed by atoms with Crippen molar-refractivity contribution in [2.45, 2.75) is 12.6 Å². The van der Waals surface area contributed by atoms with E-state index in [-0.39, 0.29) is 11.6 Å². The van der Waals surface area contributed by atoms with Crippen molar-refractivity contribution in [3.8, 4) is 11.6 Å². The Hall–Kier alpha value is -2.06. The fraction of sp³-hybridized carbons (Fsp3) is 0.444. The molecule has 1 rings (SSSR count). The molecule has 0 unspecified atom stereocenters. The average molecular weight is 266 g/mol. The Kier molecular flexibility index (Phi) is 4.29. The molecule has 1 aromatic rings. The van der Waals surface area contributed by atoms with Gasteiger partial charge in [0.2, 0.25) is 5.75 Å². The minimum Gasteiger partial charge on any atom is -0.489 e. The van der Waals surface area contributed by atoms with Crippen LogP contribution < -0.4 is 9.47 Å². The van der Waals surface area contributed by atoms with E-state index in [0.29, 0.717) is 0 Å². The number of halogens is 3. The molecule has 0 aliphatic heterocycles. The summed E-state index contributed by atoms with van der Waals surface area (Å²) in [5, 5.41) is 10.5. The van der Waals surface area contributed by atoms with E-state index in [9.17, 15) is 23.3 Å². The lowest BCUT2D eigenvalue weighted by molar-refractivity contribution is -0.389. The molecule has 0 amide bonds.